The van der Waals surface area contributed by atoms with Crippen molar-refractivity contribution in [3.8, 4) is 0 Å². The fourth-order valence-corrected chi connectivity index (χ4v) is 3.70. The number of aromatic nitrogens is 2. The first-order valence-corrected chi connectivity index (χ1v) is 9.46. The minimum absolute atomic E-state index is 0.0629. The second-order valence-corrected chi connectivity index (χ2v) is 7.51. The molecule has 5 nitrogen and oxygen atoms in total. The van der Waals surface area contributed by atoms with E-state index in [0.717, 1.165) is 22.3 Å². The summed E-state index contributed by atoms with van der Waals surface area (Å²) in [6.07, 6.45) is 0. The summed E-state index contributed by atoms with van der Waals surface area (Å²) >= 11 is 1.31. The van der Waals surface area contributed by atoms with Gasteiger partial charge in [0, 0.05) is 26.0 Å². The van der Waals surface area contributed by atoms with Crippen molar-refractivity contribution in [3.05, 3.63) is 59.9 Å². The minimum Gasteiger partial charge on any atom is -0.372 e. The lowest BCUT2D eigenvalue weighted by atomic mass is 10.2. The molecule has 1 heterocycles. The Labute approximate surface area is 162 Å². The standard InChI is InChI=1S/C20H21FN4OS/c1-13(19(26)25(3)12-14-7-6-8-15(21)11-14)27-20-23-17-10-5-4-9-16(17)18(22-2)24-20/h4-11,13H,12H2,1-3H3,(H,22,23,24)/t13-/m0/s1. The molecule has 0 spiro atoms. The van der Waals surface area contributed by atoms with Crippen molar-refractivity contribution in [2.24, 2.45) is 0 Å². The lowest BCUT2D eigenvalue weighted by Gasteiger charge is -2.21. The first-order chi connectivity index (χ1) is 13.0. The largest absolute Gasteiger partial charge is 0.372 e. The molecule has 1 atom stereocenters. The average Bonchev–Trinajstić information content (AvgIpc) is 2.66. The van der Waals surface area contributed by atoms with E-state index in [2.05, 4.69) is 15.3 Å². The van der Waals surface area contributed by atoms with E-state index in [0.29, 0.717) is 11.7 Å². The van der Waals surface area contributed by atoms with E-state index in [1.54, 1.807) is 24.1 Å². The summed E-state index contributed by atoms with van der Waals surface area (Å²) in [5.41, 5.74) is 1.58. The molecule has 3 rings (SSSR count). The molecular formula is C20H21FN4OS. The van der Waals surface area contributed by atoms with E-state index in [-0.39, 0.29) is 17.0 Å². The van der Waals surface area contributed by atoms with Crippen molar-refractivity contribution in [2.75, 3.05) is 19.4 Å². The van der Waals surface area contributed by atoms with Crippen LogP contribution >= 0.6 is 11.8 Å². The zero-order chi connectivity index (χ0) is 19.4. The first-order valence-electron chi connectivity index (χ1n) is 8.58. The van der Waals surface area contributed by atoms with Crippen LogP contribution in [0, 0.1) is 5.82 Å². The van der Waals surface area contributed by atoms with Crippen LogP contribution in [0.25, 0.3) is 10.9 Å². The Hall–Kier alpha value is -2.67. The highest BCUT2D eigenvalue weighted by molar-refractivity contribution is 8.00. The minimum atomic E-state index is -0.366. The van der Waals surface area contributed by atoms with E-state index in [1.165, 1.54) is 23.9 Å². The Morgan fingerprint density at radius 2 is 2.00 bits per heavy atom. The molecule has 1 N–H and O–H groups in total. The van der Waals surface area contributed by atoms with Crippen molar-refractivity contribution in [1.29, 1.82) is 0 Å². The number of thioether (sulfide) groups is 1. The Balaban J connectivity index is 1.73. The number of nitrogens with one attached hydrogen (secondary N) is 1. The Morgan fingerprint density at radius 1 is 1.22 bits per heavy atom. The molecule has 0 radical (unpaired) electrons. The van der Waals surface area contributed by atoms with E-state index < -0.39 is 0 Å². The van der Waals surface area contributed by atoms with Gasteiger partial charge in [0.2, 0.25) is 5.91 Å². The molecule has 27 heavy (non-hydrogen) atoms. The second kappa shape index (κ2) is 8.35. The number of benzene rings is 2. The molecule has 0 unspecified atom stereocenters. The number of fused-ring (bicyclic) bond motifs is 1. The van der Waals surface area contributed by atoms with Gasteiger partial charge in [0.05, 0.1) is 10.8 Å². The summed E-state index contributed by atoms with van der Waals surface area (Å²) < 4.78 is 13.3. The van der Waals surface area contributed by atoms with E-state index in [4.69, 9.17) is 0 Å². The summed E-state index contributed by atoms with van der Waals surface area (Å²) in [4.78, 5) is 23.4. The van der Waals surface area contributed by atoms with Gasteiger partial charge in [-0.3, -0.25) is 4.79 Å². The highest BCUT2D eigenvalue weighted by Crippen LogP contribution is 2.27. The second-order valence-electron chi connectivity index (χ2n) is 6.21. The average molecular weight is 384 g/mol. The van der Waals surface area contributed by atoms with E-state index in [9.17, 15) is 9.18 Å². The Bertz CT molecular complexity index is 966. The number of nitrogens with zero attached hydrogens (tertiary/aromatic N) is 3. The fourth-order valence-electron chi connectivity index (χ4n) is 2.80. The van der Waals surface area contributed by atoms with Crippen LogP contribution in [-0.2, 0) is 11.3 Å². The van der Waals surface area contributed by atoms with Gasteiger partial charge in [0.1, 0.15) is 11.6 Å². The number of amides is 1. The zero-order valence-electron chi connectivity index (χ0n) is 15.4. The Morgan fingerprint density at radius 3 is 2.74 bits per heavy atom. The predicted molar refractivity (Wildman–Crippen MR) is 107 cm³/mol. The normalized spacial score (nSPS) is 12.0. The van der Waals surface area contributed by atoms with Gasteiger partial charge in [-0.2, -0.15) is 0 Å². The van der Waals surface area contributed by atoms with Crippen molar-refractivity contribution in [2.45, 2.75) is 23.9 Å². The highest BCUT2D eigenvalue weighted by atomic mass is 32.2. The van der Waals surface area contributed by atoms with Crippen molar-refractivity contribution in [3.63, 3.8) is 0 Å². The maximum absolute atomic E-state index is 13.3. The first kappa shape index (κ1) is 19.1. The van der Waals surface area contributed by atoms with Crippen molar-refractivity contribution in [1.82, 2.24) is 14.9 Å². The lowest BCUT2D eigenvalue weighted by Crippen LogP contribution is -2.32. The molecule has 3 aromatic rings. The lowest BCUT2D eigenvalue weighted by molar-refractivity contribution is -0.129. The third kappa shape index (κ3) is 4.54. The molecule has 0 saturated heterocycles. The van der Waals surface area contributed by atoms with Crippen LogP contribution in [0.2, 0.25) is 0 Å². The van der Waals surface area contributed by atoms with E-state index in [1.807, 2.05) is 38.2 Å². The van der Waals surface area contributed by atoms with Crippen molar-refractivity contribution < 1.29 is 9.18 Å². The summed E-state index contributed by atoms with van der Waals surface area (Å²) in [6, 6.07) is 14.0. The topological polar surface area (TPSA) is 58.1 Å². The molecule has 2 aromatic carbocycles. The smallest absolute Gasteiger partial charge is 0.235 e. The van der Waals surface area contributed by atoms with Gasteiger partial charge in [-0.1, -0.05) is 36.0 Å². The van der Waals surface area contributed by atoms with Gasteiger partial charge < -0.3 is 10.2 Å². The molecule has 140 valence electrons. The number of hydrogen-bond acceptors (Lipinski definition) is 5. The van der Waals surface area contributed by atoms with Gasteiger partial charge >= 0.3 is 0 Å². The molecule has 0 fully saturated rings. The zero-order valence-corrected chi connectivity index (χ0v) is 16.3. The number of rotatable bonds is 6. The summed E-state index contributed by atoms with van der Waals surface area (Å²) in [6.45, 7) is 2.18. The van der Waals surface area contributed by atoms with Crippen LogP contribution in [0.5, 0.6) is 0 Å². The number of carbonyl (C=O) groups excluding carboxylic acids is 1. The molecule has 1 aromatic heterocycles. The van der Waals surface area contributed by atoms with Crippen LogP contribution in [-0.4, -0.2) is 40.1 Å². The molecule has 0 aliphatic carbocycles. The molecule has 0 aliphatic heterocycles. The van der Waals surface area contributed by atoms with Gasteiger partial charge in [0.15, 0.2) is 5.16 Å². The number of hydrogen-bond donors (Lipinski definition) is 1. The van der Waals surface area contributed by atoms with Crippen LogP contribution < -0.4 is 5.32 Å². The highest BCUT2D eigenvalue weighted by Gasteiger charge is 2.21. The third-order valence-electron chi connectivity index (χ3n) is 4.13. The van der Waals surface area contributed by atoms with Crippen molar-refractivity contribution >= 4 is 34.4 Å². The number of anilines is 1. The van der Waals surface area contributed by atoms with Gasteiger partial charge in [-0.05, 0) is 36.8 Å². The molecule has 7 heteroatoms. The van der Waals surface area contributed by atoms with Gasteiger partial charge in [0.25, 0.3) is 0 Å². The SMILES string of the molecule is CNc1nc(S[C@@H](C)C(=O)N(C)Cc2cccc(F)c2)nc2ccccc12. The quantitative estimate of drug-likeness (QED) is 0.515. The monoisotopic (exact) mass is 384 g/mol. The third-order valence-corrected chi connectivity index (χ3v) is 5.08. The van der Waals surface area contributed by atoms with Crippen LogP contribution in [0.4, 0.5) is 10.2 Å². The maximum atomic E-state index is 13.3. The Kier molecular flexibility index (Phi) is 5.91. The summed E-state index contributed by atoms with van der Waals surface area (Å²) in [5, 5.41) is 4.19. The molecule has 0 saturated carbocycles. The van der Waals surface area contributed by atoms with E-state index >= 15 is 0 Å². The molecular weight excluding hydrogens is 363 g/mol. The maximum Gasteiger partial charge on any atom is 0.235 e. The van der Waals surface area contributed by atoms with Gasteiger partial charge in [-0.25, -0.2) is 14.4 Å². The van der Waals surface area contributed by atoms with Gasteiger partial charge in [-0.15, -0.1) is 0 Å². The number of para-hydroxylation sites is 1. The number of halogens is 1. The predicted octanol–water partition coefficient (Wildman–Crippen LogP) is 3.95. The molecule has 0 aliphatic rings. The van der Waals surface area contributed by atoms with Crippen LogP contribution in [0.1, 0.15) is 12.5 Å². The van der Waals surface area contributed by atoms with Crippen LogP contribution in [0.3, 0.4) is 0 Å². The fraction of sp³-hybridized carbons (Fsp3) is 0.250. The molecule has 1 amide bonds. The summed E-state index contributed by atoms with van der Waals surface area (Å²) in [7, 11) is 3.52. The van der Waals surface area contributed by atoms with Crippen LogP contribution in [0.15, 0.2) is 53.7 Å². The summed E-state index contributed by atoms with van der Waals surface area (Å²) in [5.74, 6) is 0.364. The molecule has 0 bridgehead atoms. The number of carbonyl (C=O) groups is 1.